The summed E-state index contributed by atoms with van der Waals surface area (Å²) in [5, 5.41) is 3.53. The molecule has 2 rings (SSSR count). The highest BCUT2D eigenvalue weighted by molar-refractivity contribution is 7.88. The van der Waals surface area contributed by atoms with Crippen molar-refractivity contribution in [1.29, 1.82) is 0 Å². The first kappa shape index (κ1) is 19.2. The van der Waals surface area contributed by atoms with Crippen LogP contribution in [0.1, 0.15) is 24.8 Å². The molecule has 1 saturated heterocycles. The number of piperidine rings is 1. The second kappa shape index (κ2) is 8.80. The van der Waals surface area contributed by atoms with E-state index in [1.54, 1.807) is 6.07 Å². The van der Waals surface area contributed by atoms with Gasteiger partial charge < -0.3 is 10.2 Å². The fourth-order valence-electron chi connectivity index (χ4n) is 2.76. The molecule has 0 saturated carbocycles. The van der Waals surface area contributed by atoms with E-state index >= 15 is 0 Å². The molecule has 1 fully saturated rings. The largest absolute Gasteiger partial charge is 0.352 e. The zero-order valence-electron chi connectivity index (χ0n) is 13.8. The molecule has 0 radical (unpaired) electrons. The van der Waals surface area contributed by atoms with Gasteiger partial charge in [-0.05, 0) is 37.6 Å². The van der Waals surface area contributed by atoms with Crippen molar-refractivity contribution in [2.45, 2.75) is 31.8 Å². The van der Waals surface area contributed by atoms with E-state index < -0.39 is 10.0 Å². The van der Waals surface area contributed by atoms with Gasteiger partial charge in [0.05, 0.1) is 6.26 Å². The van der Waals surface area contributed by atoms with Gasteiger partial charge in [0.2, 0.25) is 15.9 Å². The number of rotatable bonds is 7. The number of halogens is 1. The van der Waals surface area contributed by atoms with Crippen molar-refractivity contribution in [3.05, 3.63) is 34.9 Å². The summed E-state index contributed by atoms with van der Waals surface area (Å²) in [5.74, 6) is -0.00805. The molecule has 8 heteroatoms. The molecule has 0 aromatic heterocycles. The first-order valence-electron chi connectivity index (χ1n) is 8.03. The lowest BCUT2D eigenvalue weighted by Crippen LogP contribution is -2.45. The Morgan fingerprint density at radius 2 is 1.96 bits per heavy atom. The molecule has 0 spiro atoms. The molecule has 1 aliphatic heterocycles. The highest BCUT2D eigenvalue weighted by atomic mass is 35.5. The summed E-state index contributed by atoms with van der Waals surface area (Å²) in [7, 11) is -3.15. The highest BCUT2D eigenvalue weighted by Gasteiger charge is 2.21. The van der Waals surface area contributed by atoms with Crippen molar-refractivity contribution in [3.63, 3.8) is 0 Å². The second-order valence-corrected chi connectivity index (χ2v) is 8.31. The van der Waals surface area contributed by atoms with E-state index in [-0.39, 0.29) is 11.9 Å². The molecule has 1 amide bonds. The molecule has 1 aromatic rings. The third kappa shape index (κ3) is 6.76. The first-order valence-corrected chi connectivity index (χ1v) is 10.3. The van der Waals surface area contributed by atoms with Crippen LogP contribution in [-0.4, -0.2) is 51.2 Å². The molecule has 1 aromatic carbocycles. The molecular formula is C16H24ClN3O3S. The quantitative estimate of drug-likeness (QED) is 0.756. The Morgan fingerprint density at radius 1 is 1.29 bits per heavy atom. The van der Waals surface area contributed by atoms with Crippen molar-refractivity contribution in [2.24, 2.45) is 0 Å². The molecule has 134 valence electrons. The minimum Gasteiger partial charge on any atom is -0.352 e. The maximum Gasteiger partial charge on any atom is 0.221 e. The molecule has 0 unspecified atom stereocenters. The minimum absolute atomic E-state index is 0.00491. The van der Waals surface area contributed by atoms with Crippen LogP contribution >= 0.6 is 11.6 Å². The summed E-state index contributed by atoms with van der Waals surface area (Å²) in [4.78, 5) is 14.1. The number of nitrogens with zero attached hydrogens (tertiary/aromatic N) is 1. The van der Waals surface area contributed by atoms with Gasteiger partial charge in [-0.25, -0.2) is 13.1 Å². The normalized spacial score (nSPS) is 16.9. The number of carbonyl (C=O) groups is 1. The van der Waals surface area contributed by atoms with Crippen LogP contribution in [0, 0.1) is 0 Å². The fourth-order valence-corrected chi connectivity index (χ4v) is 3.80. The number of likely N-dealkylation sites (tertiary alicyclic amines) is 1. The fraction of sp³-hybridized carbons (Fsp3) is 0.562. The SMILES string of the molecule is CS(=O)(=O)NC1CCN(CCC(=O)NCc2ccccc2Cl)CC1. The molecule has 2 N–H and O–H groups in total. The van der Waals surface area contributed by atoms with Crippen LogP contribution in [0.15, 0.2) is 24.3 Å². The maximum atomic E-state index is 11.9. The van der Waals surface area contributed by atoms with Gasteiger partial charge in [-0.15, -0.1) is 0 Å². The lowest BCUT2D eigenvalue weighted by atomic mass is 10.1. The predicted molar refractivity (Wildman–Crippen MR) is 95.4 cm³/mol. The first-order chi connectivity index (χ1) is 11.3. The lowest BCUT2D eigenvalue weighted by Gasteiger charge is -2.31. The Labute approximate surface area is 148 Å². The van der Waals surface area contributed by atoms with Crippen molar-refractivity contribution in [1.82, 2.24) is 14.9 Å². The molecule has 0 atom stereocenters. The Morgan fingerprint density at radius 3 is 2.58 bits per heavy atom. The van der Waals surface area contributed by atoms with Crippen LogP contribution in [-0.2, 0) is 21.4 Å². The van der Waals surface area contributed by atoms with Crippen LogP contribution in [0.5, 0.6) is 0 Å². The van der Waals surface area contributed by atoms with Crippen molar-refractivity contribution in [2.75, 3.05) is 25.9 Å². The summed E-state index contributed by atoms with van der Waals surface area (Å²) in [5.41, 5.74) is 0.903. The Hall–Kier alpha value is -1.15. The Balaban J connectivity index is 1.65. The second-order valence-electron chi connectivity index (χ2n) is 6.12. The summed E-state index contributed by atoms with van der Waals surface area (Å²) in [6.07, 6.45) is 3.15. The van der Waals surface area contributed by atoms with E-state index in [1.165, 1.54) is 6.26 Å². The van der Waals surface area contributed by atoms with Gasteiger partial charge in [0, 0.05) is 30.6 Å². The van der Waals surface area contributed by atoms with Gasteiger partial charge in [-0.2, -0.15) is 0 Å². The zero-order valence-corrected chi connectivity index (χ0v) is 15.4. The van der Waals surface area contributed by atoms with Crippen molar-refractivity contribution >= 4 is 27.5 Å². The number of sulfonamides is 1. The van der Waals surface area contributed by atoms with E-state index in [2.05, 4.69) is 14.9 Å². The highest BCUT2D eigenvalue weighted by Crippen LogP contribution is 2.14. The third-order valence-corrected chi connectivity index (χ3v) is 5.19. The number of benzene rings is 1. The van der Waals surface area contributed by atoms with Crippen LogP contribution in [0.25, 0.3) is 0 Å². The monoisotopic (exact) mass is 373 g/mol. The number of amides is 1. The molecule has 6 nitrogen and oxygen atoms in total. The molecule has 0 aliphatic carbocycles. The van der Waals surface area contributed by atoms with Gasteiger partial charge in [-0.3, -0.25) is 4.79 Å². The average molecular weight is 374 g/mol. The molecule has 1 aliphatic rings. The smallest absolute Gasteiger partial charge is 0.221 e. The van der Waals surface area contributed by atoms with Gasteiger partial charge in [-0.1, -0.05) is 29.8 Å². The van der Waals surface area contributed by atoms with Crippen molar-refractivity contribution in [3.8, 4) is 0 Å². The van der Waals surface area contributed by atoms with E-state index in [1.807, 2.05) is 18.2 Å². The Kier molecular flexibility index (Phi) is 7.03. The third-order valence-electron chi connectivity index (χ3n) is 4.06. The van der Waals surface area contributed by atoms with Crippen LogP contribution in [0.3, 0.4) is 0 Å². The maximum absolute atomic E-state index is 11.9. The van der Waals surface area contributed by atoms with Gasteiger partial charge >= 0.3 is 0 Å². The molecule has 1 heterocycles. The van der Waals surface area contributed by atoms with Crippen LogP contribution in [0.4, 0.5) is 0 Å². The molecule has 0 bridgehead atoms. The lowest BCUT2D eigenvalue weighted by molar-refractivity contribution is -0.121. The number of carbonyl (C=O) groups excluding carboxylic acids is 1. The van der Waals surface area contributed by atoms with Gasteiger partial charge in [0.1, 0.15) is 0 Å². The minimum atomic E-state index is -3.15. The van der Waals surface area contributed by atoms with E-state index in [9.17, 15) is 13.2 Å². The van der Waals surface area contributed by atoms with Gasteiger partial charge in [0.25, 0.3) is 0 Å². The number of nitrogens with one attached hydrogen (secondary N) is 2. The van der Waals surface area contributed by atoms with Gasteiger partial charge in [0.15, 0.2) is 0 Å². The van der Waals surface area contributed by atoms with E-state index in [0.717, 1.165) is 31.5 Å². The Bertz CT molecular complexity index is 658. The topological polar surface area (TPSA) is 78.5 Å². The summed E-state index contributed by atoms with van der Waals surface area (Å²) >= 11 is 6.06. The predicted octanol–water partition coefficient (Wildman–Crippen LogP) is 1.36. The molecular weight excluding hydrogens is 350 g/mol. The van der Waals surface area contributed by atoms with E-state index in [4.69, 9.17) is 11.6 Å². The summed E-state index contributed by atoms with van der Waals surface area (Å²) in [6.45, 7) is 2.70. The number of hydrogen-bond acceptors (Lipinski definition) is 4. The standard InChI is InChI=1S/C16H24ClN3O3S/c1-24(22,23)19-14-6-9-20(10-7-14)11-8-16(21)18-12-13-4-2-3-5-15(13)17/h2-5,14,19H,6-12H2,1H3,(H,18,21). The summed E-state index contributed by atoms with van der Waals surface area (Å²) in [6, 6.07) is 7.45. The van der Waals surface area contributed by atoms with Crippen LogP contribution < -0.4 is 10.0 Å². The van der Waals surface area contributed by atoms with Crippen LogP contribution in [0.2, 0.25) is 5.02 Å². The summed E-state index contributed by atoms with van der Waals surface area (Å²) < 4.78 is 25.1. The average Bonchev–Trinajstić information content (AvgIpc) is 2.52. The zero-order chi connectivity index (χ0) is 17.6. The van der Waals surface area contributed by atoms with Crippen molar-refractivity contribution < 1.29 is 13.2 Å². The van der Waals surface area contributed by atoms with E-state index in [0.29, 0.717) is 24.5 Å². The number of hydrogen-bond donors (Lipinski definition) is 2. The molecule has 24 heavy (non-hydrogen) atoms.